The summed E-state index contributed by atoms with van der Waals surface area (Å²) in [6.45, 7) is 9.48. The SMILES string of the molecule is Cc1nc(C(C)NC(=O)c2cc(C(C)(C)C)[nH]n2)sc1C(=O)O. The van der Waals surface area contributed by atoms with Crippen LogP contribution in [-0.2, 0) is 5.41 Å². The predicted octanol–water partition coefficient (Wildman–Crippen LogP) is 2.66. The van der Waals surface area contributed by atoms with Gasteiger partial charge in [-0.15, -0.1) is 11.3 Å². The van der Waals surface area contributed by atoms with Crippen molar-refractivity contribution in [3.8, 4) is 0 Å². The van der Waals surface area contributed by atoms with Crippen molar-refractivity contribution in [2.24, 2.45) is 0 Å². The van der Waals surface area contributed by atoms with Crippen molar-refractivity contribution in [3.05, 3.63) is 33.0 Å². The van der Waals surface area contributed by atoms with E-state index in [1.54, 1.807) is 19.9 Å². The highest BCUT2D eigenvalue weighted by Crippen LogP contribution is 2.24. The Morgan fingerprint density at radius 2 is 2.04 bits per heavy atom. The van der Waals surface area contributed by atoms with E-state index in [4.69, 9.17) is 5.11 Å². The molecule has 3 N–H and O–H groups in total. The zero-order chi connectivity index (χ0) is 17.4. The maximum absolute atomic E-state index is 12.3. The van der Waals surface area contributed by atoms with Crippen molar-refractivity contribution in [1.29, 1.82) is 0 Å². The van der Waals surface area contributed by atoms with E-state index in [1.807, 2.05) is 20.8 Å². The van der Waals surface area contributed by atoms with Gasteiger partial charge in [-0.1, -0.05) is 20.8 Å². The minimum atomic E-state index is -1.01. The first-order valence-electron chi connectivity index (χ1n) is 7.17. The number of amides is 1. The number of carbonyl (C=O) groups excluding carboxylic acids is 1. The number of aromatic amines is 1. The Hall–Kier alpha value is -2.22. The number of thiazole rings is 1. The third kappa shape index (κ3) is 3.76. The van der Waals surface area contributed by atoms with Crippen LogP contribution in [-0.4, -0.2) is 32.2 Å². The Labute approximate surface area is 138 Å². The quantitative estimate of drug-likeness (QED) is 0.795. The molecule has 2 rings (SSSR count). The van der Waals surface area contributed by atoms with Gasteiger partial charge in [-0.2, -0.15) is 5.10 Å². The number of aromatic nitrogens is 3. The molecular formula is C15H20N4O3S. The fourth-order valence-electron chi connectivity index (χ4n) is 1.96. The topological polar surface area (TPSA) is 108 Å². The van der Waals surface area contributed by atoms with E-state index in [2.05, 4.69) is 20.5 Å². The predicted molar refractivity (Wildman–Crippen MR) is 87.0 cm³/mol. The maximum atomic E-state index is 12.3. The fourth-order valence-corrected chi connectivity index (χ4v) is 2.86. The maximum Gasteiger partial charge on any atom is 0.347 e. The first-order chi connectivity index (χ1) is 10.6. The molecular weight excluding hydrogens is 316 g/mol. The number of nitrogens with one attached hydrogen (secondary N) is 2. The van der Waals surface area contributed by atoms with E-state index < -0.39 is 12.0 Å². The molecule has 0 saturated heterocycles. The highest BCUT2D eigenvalue weighted by atomic mass is 32.1. The molecule has 2 aromatic heterocycles. The van der Waals surface area contributed by atoms with Crippen LogP contribution in [0.5, 0.6) is 0 Å². The summed E-state index contributed by atoms with van der Waals surface area (Å²) in [5, 5.41) is 19.3. The number of carboxylic acid groups (broad SMARTS) is 1. The van der Waals surface area contributed by atoms with Crippen molar-refractivity contribution >= 4 is 23.2 Å². The lowest BCUT2D eigenvalue weighted by atomic mass is 9.92. The number of carboxylic acids is 1. The van der Waals surface area contributed by atoms with Crippen molar-refractivity contribution in [1.82, 2.24) is 20.5 Å². The first kappa shape index (κ1) is 17.1. The van der Waals surface area contributed by atoms with Gasteiger partial charge in [0.15, 0.2) is 0 Å². The normalized spacial score (nSPS) is 12.9. The summed E-state index contributed by atoms with van der Waals surface area (Å²) in [5.41, 5.74) is 1.50. The van der Waals surface area contributed by atoms with Gasteiger partial charge in [0.25, 0.3) is 5.91 Å². The Balaban J connectivity index is 2.12. The van der Waals surface area contributed by atoms with E-state index in [1.165, 1.54) is 0 Å². The molecule has 0 aliphatic heterocycles. The molecule has 7 nitrogen and oxygen atoms in total. The Morgan fingerprint density at radius 3 is 2.52 bits per heavy atom. The Bertz CT molecular complexity index is 742. The van der Waals surface area contributed by atoms with Crippen LogP contribution in [0.15, 0.2) is 6.07 Å². The molecule has 0 saturated carbocycles. The largest absolute Gasteiger partial charge is 0.477 e. The number of aryl methyl sites for hydroxylation is 1. The van der Waals surface area contributed by atoms with Gasteiger partial charge in [0.2, 0.25) is 0 Å². The smallest absolute Gasteiger partial charge is 0.347 e. The molecule has 1 amide bonds. The lowest BCUT2D eigenvalue weighted by Crippen LogP contribution is -2.26. The average molecular weight is 336 g/mol. The molecule has 2 heterocycles. The van der Waals surface area contributed by atoms with Crippen LogP contribution in [0.4, 0.5) is 0 Å². The lowest BCUT2D eigenvalue weighted by Gasteiger charge is -2.14. The molecule has 2 aromatic rings. The molecule has 0 aromatic carbocycles. The van der Waals surface area contributed by atoms with Crippen molar-refractivity contribution in [2.45, 2.75) is 46.1 Å². The van der Waals surface area contributed by atoms with E-state index in [0.29, 0.717) is 16.4 Å². The summed E-state index contributed by atoms with van der Waals surface area (Å²) >= 11 is 1.07. The molecule has 0 bridgehead atoms. The number of rotatable bonds is 4. The molecule has 124 valence electrons. The Morgan fingerprint density at radius 1 is 1.39 bits per heavy atom. The minimum absolute atomic E-state index is 0.125. The Kier molecular flexibility index (Phi) is 4.56. The lowest BCUT2D eigenvalue weighted by molar-refractivity contribution is 0.0701. The first-order valence-corrected chi connectivity index (χ1v) is 7.98. The fraction of sp³-hybridized carbons (Fsp3) is 0.467. The number of H-pyrrole nitrogens is 1. The van der Waals surface area contributed by atoms with Gasteiger partial charge in [-0.3, -0.25) is 9.89 Å². The van der Waals surface area contributed by atoms with Crippen LogP contribution in [0.1, 0.15) is 70.3 Å². The second kappa shape index (κ2) is 6.11. The number of hydrogen-bond acceptors (Lipinski definition) is 5. The summed E-state index contributed by atoms with van der Waals surface area (Å²) < 4.78 is 0. The molecule has 0 fully saturated rings. The van der Waals surface area contributed by atoms with Crippen LogP contribution < -0.4 is 5.32 Å². The van der Waals surface area contributed by atoms with Gasteiger partial charge in [-0.25, -0.2) is 9.78 Å². The molecule has 23 heavy (non-hydrogen) atoms. The van der Waals surface area contributed by atoms with Crippen molar-refractivity contribution < 1.29 is 14.7 Å². The average Bonchev–Trinajstić information content (AvgIpc) is 3.04. The van der Waals surface area contributed by atoms with Crippen LogP contribution in [0.3, 0.4) is 0 Å². The summed E-state index contributed by atoms with van der Waals surface area (Å²) in [6, 6.07) is 1.33. The zero-order valence-electron chi connectivity index (χ0n) is 13.7. The second-order valence-electron chi connectivity index (χ2n) is 6.38. The monoisotopic (exact) mass is 336 g/mol. The van der Waals surface area contributed by atoms with Gasteiger partial charge in [0, 0.05) is 11.1 Å². The van der Waals surface area contributed by atoms with Gasteiger partial charge in [0.05, 0.1) is 11.7 Å². The number of nitrogens with zero attached hydrogens (tertiary/aromatic N) is 2. The minimum Gasteiger partial charge on any atom is -0.477 e. The van der Waals surface area contributed by atoms with E-state index in [-0.39, 0.29) is 16.2 Å². The zero-order valence-corrected chi connectivity index (χ0v) is 14.5. The highest BCUT2D eigenvalue weighted by molar-refractivity contribution is 7.13. The standard InChI is InChI=1S/C15H20N4O3S/c1-7-11(14(21)22)23-13(17-7)8(2)16-12(20)9-6-10(19-18-9)15(3,4)5/h6,8H,1-5H3,(H,16,20)(H,18,19)(H,21,22). The number of carbonyl (C=O) groups is 2. The third-order valence-corrected chi connectivity index (χ3v) is 4.67. The molecule has 0 radical (unpaired) electrons. The summed E-state index contributed by atoms with van der Waals surface area (Å²) in [6.07, 6.45) is 0. The van der Waals surface area contributed by atoms with Gasteiger partial charge in [0.1, 0.15) is 15.6 Å². The summed E-state index contributed by atoms with van der Waals surface area (Å²) in [7, 11) is 0. The molecule has 8 heteroatoms. The highest BCUT2D eigenvalue weighted by Gasteiger charge is 2.22. The van der Waals surface area contributed by atoms with Gasteiger partial charge >= 0.3 is 5.97 Å². The molecule has 1 unspecified atom stereocenters. The second-order valence-corrected chi connectivity index (χ2v) is 7.41. The molecule has 1 atom stereocenters. The third-order valence-electron chi connectivity index (χ3n) is 3.34. The molecule has 0 aliphatic carbocycles. The summed E-state index contributed by atoms with van der Waals surface area (Å²) in [5.74, 6) is -1.33. The molecule has 0 aliphatic rings. The number of aromatic carboxylic acids is 1. The van der Waals surface area contributed by atoms with Gasteiger partial charge in [-0.05, 0) is 19.9 Å². The van der Waals surface area contributed by atoms with Crippen LogP contribution >= 0.6 is 11.3 Å². The molecule has 0 spiro atoms. The summed E-state index contributed by atoms with van der Waals surface area (Å²) in [4.78, 5) is 27.7. The van der Waals surface area contributed by atoms with E-state index >= 15 is 0 Å². The van der Waals surface area contributed by atoms with Crippen LogP contribution in [0.25, 0.3) is 0 Å². The van der Waals surface area contributed by atoms with Crippen molar-refractivity contribution in [2.75, 3.05) is 0 Å². The van der Waals surface area contributed by atoms with E-state index in [9.17, 15) is 9.59 Å². The van der Waals surface area contributed by atoms with Crippen molar-refractivity contribution in [3.63, 3.8) is 0 Å². The van der Waals surface area contributed by atoms with Gasteiger partial charge < -0.3 is 10.4 Å². The van der Waals surface area contributed by atoms with Crippen LogP contribution in [0, 0.1) is 6.92 Å². The van der Waals surface area contributed by atoms with E-state index in [0.717, 1.165) is 17.0 Å². The van der Waals surface area contributed by atoms with Crippen LogP contribution in [0.2, 0.25) is 0 Å². The number of hydrogen-bond donors (Lipinski definition) is 3.